The van der Waals surface area contributed by atoms with Gasteiger partial charge in [0, 0.05) is 18.2 Å². The zero-order valence-electron chi connectivity index (χ0n) is 15.4. The minimum absolute atomic E-state index is 0.0300. The average Bonchev–Trinajstić information content (AvgIpc) is 2.74. The van der Waals surface area contributed by atoms with Gasteiger partial charge in [-0.2, -0.15) is 0 Å². The maximum Gasteiger partial charge on any atom is 0.491 e. The van der Waals surface area contributed by atoms with E-state index in [-0.39, 0.29) is 22.7 Å². The number of hydrogen-bond acceptors (Lipinski definition) is 5. The Hall–Kier alpha value is -1.51. The van der Waals surface area contributed by atoms with E-state index in [0.717, 1.165) is 17.8 Å². The van der Waals surface area contributed by atoms with Crippen molar-refractivity contribution in [2.75, 3.05) is 5.75 Å². The van der Waals surface area contributed by atoms with E-state index in [1.165, 1.54) is 19.1 Å². The molecule has 1 fully saturated rings. The van der Waals surface area contributed by atoms with Crippen LogP contribution in [0.2, 0.25) is 0 Å². The van der Waals surface area contributed by atoms with Gasteiger partial charge >= 0.3 is 7.12 Å². The minimum atomic E-state index is -0.957. The molecular weight excluding hydrogens is 361 g/mol. The maximum absolute atomic E-state index is 14.4. The fraction of sp³-hybridized carbons (Fsp3) is 0.444. The van der Waals surface area contributed by atoms with Gasteiger partial charge in [0.25, 0.3) is 0 Å². The molecule has 0 aliphatic carbocycles. The maximum atomic E-state index is 14.4. The van der Waals surface area contributed by atoms with Crippen LogP contribution in [0.5, 0.6) is 0 Å². The second kappa shape index (κ2) is 7.62. The van der Waals surface area contributed by atoms with Crippen molar-refractivity contribution in [1.29, 1.82) is 0 Å². The summed E-state index contributed by atoms with van der Waals surface area (Å²) in [6, 6.07) is 2.26. The van der Waals surface area contributed by atoms with Crippen LogP contribution in [0.1, 0.15) is 50.5 Å². The number of carbonyl (C=O) groups is 2. The molecular formula is C18H21BF2O4S. The summed E-state index contributed by atoms with van der Waals surface area (Å²) < 4.78 is 39.9. The van der Waals surface area contributed by atoms with Crippen LogP contribution in [-0.2, 0) is 14.1 Å². The molecule has 0 aromatic heterocycles. The third-order valence-corrected chi connectivity index (χ3v) is 5.50. The van der Waals surface area contributed by atoms with Gasteiger partial charge in [0.05, 0.1) is 16.8 Å². The van der Waals surface area contributed by atoms with Crippen LogP contribution in [0.15, 0.2) is 17.6 Å². The van der Waals surface area contributed by atoms with Crippen molar-refractivity contribution in [3.8, 4) is 0 Å². The molecule has 4 nitrogen and oxygen atoms in total. The van der Waals surface area contributed by atoms with Crippen LogP contribution < -0.4 is 0 Å². The molecule has 2 rings (SSSR count). The Morgan fingerprint density at radius 1 is 1.19 bits per heavy atom. The second-order valence-corrected chi connectivity index (χ2v) is 8.22. The van der Waals surface area contributed by atoms with Crippen molar-refractivity contribution >= 4 is 36.4 Å². The summed E-state index contributed by atoms with van der Waals surface area (Å²) in [6.07, 6.45) is 1.58. The summed E-state index contributed by atoms with van der Waals surface area (Å²) in [4.78, 5) is 22.3. The van der Waals surface area contributed by atoms with Crippen molar-refractivity contribution in [2.24, 2.45) is 0 Å². The number of halogens is 2. The minimum Gasteiger partial charge on any atom is -0.400 e. The summed E-state index contributed by atoms with van der Waals surface area (Å²) in [5, 5.41) is -0.111. The largest absolute Gasteiger partial charge is 0.491 e. The fourth-order valence-corrected chi connectivity index (χ4v) is 2.95. The van der Waals surface area contributed by atoms with Gasteiger partial charge in [0.2, 0.25) is 0 Å². The van der Waals surface area contributed by atoms with E-state index in [2.05, 4.69) is 0 Å². The summed E-state index contributed by atoms with van der Waals surface area (Å²) >= 11 is 1.03. The monoisotopic (exact) mass is 382 g/mol. The Labute approximate surface area is 156 Å². The Morgan fingerprint density at radius 3 is 2.27 bits per heavy atom. The van der Waals surface area contributed by atoms with Crippen molar-refractivity contribution in [2.45, 2.75) is 45.8 Å². The van der Waals surface area contributed by atoms with Gasteiger partial charge in [0.1, 0.15) is 11.6 Å². The average molecular weight is 382 g/mol. The molecule has 1 aromatic rings. The molecule has 1 aromatic carbocycles. The molecule has 0 unspecified atom stereocenters. The Bertz CT molecular complexity index is 746. The predicted molar refractivity (Wildman–Crippen MR) is 98.9 cm³/mol. The predicted octanol–water partition coefficient (Wildman–Crippen LogP) is 4.07. The zero-order chi connectivity index (χ0) is 19.7. The highest BCUT2D eigenvalue weighted by molar-refractivity contribution is 8.13. The summed E-state index contributed by atoms with van der Waals surface area (Å²) in [6.45, 7) is 8.95. The first kappa shape index (κ1) is 20.8. The van der Waals surface area contributed by atoms with E-state index in [0.29, 0.717) is 5.47 Å². The number of carbonyl (C=O) groups excluding carboxylic acids is 2. The van der Waals surface area contributed by atoms with E-state index < -0.39 is 35.5 Å². The molecule has 0 saturated carbocycles. The van der Waals surface area contributed by atoms with E-state index in [1.54, 1.807) is 0 Å². The highest BCUT2D eigenvalue weighted by Gasteiger charge is 2.52. The lowest BCUT2D eigenvalue weighted by atomic mass is 9.78. The molecule has 0 amide bonds. The SMILES string of the molecule is CC(=O)SCC(=Cc1ccc(F)c(C=O)c1F)B1OC(C)(C)C(C)(C)O1. The molecule has 1 aliphatic rings. The first-order valence-electron chi connectivity index (χ1n) is 8.11. The Balaban J connectivity index is 2.45. The van der Waals surface area contributed by atoms with Crippen LogP contribution in [0.25, 0.3) is 6.08 Å². The van der Waals surface area contributed by atoms with Gasteiger partial charge in [-0.25, -0.2) is 8.78 Å². The quantitative estimate of drug-likeness (QED) is 0.568. The van der Waals surface area contributed by atoms with Crippen LogP contribution in [0.3, 0.4) is 0 Å². The molecule has 1 heterocycles. The molecule has 0 N–H and O–H groups in total. The molecule has 26 heavy (non-hydrogen) atoms. The van der Waals surface area contributed by atoms with Gasteiger partial charge in [0.15, 0.2) is 11.4 Å². The van der Waals surface area contributed by atoms with E-state index in [1.807, 2.05) is 27.7 Å². The van der Waals surface area contributed by atoms with Gasteiger partial charge in [-0.1, -0.05) is 17.8 Å². The summed E-state index contributed by atoms with van der Waals surface area (Å²) in [7, 11) is -0.781. The number of hydrogen-bond donors (Lipinski definition) is 0. The van der Waals surface area contributed by atoms with E-state index >= 15 is 0 Å². The third-order valence-electron chi connectivity index (χ3n) is 4.61. The van der Waals surface area contributed by atoms with Gasteiger partial charge in [-0.05, 0) is 45.3 Å². The number of benzene rings is 1. The highest BCUT2D eigenvalue weighted by Crippen LogP contribution is 2.39. The molecule has 0 atom stereocenters. The Morgan fingerprint density at radius 2 is 1.77 bits per heavy atom. The van der Waals surface area contributed by atoms with Crippen LogP contribution in [-0.4, -0.2) is 35.5 Å². The van der Waals surface area contributed by atoms with Gasteiger partial charge in [-0.15, -0.1) is 0 Å². The van der Waals surface area contributed by atoms with E-state index in [9.17, 15) is 18.4 Å². The molecule has 8 heteroatoms. The fourth-order valence-electron chi connectivity index (χ4n) is 2.36. The lowest BCUT2D eigenvalue weighted by Crippen LogP contribution is -2.41. The van der Waals surface area contributed by atoms with Crippen LogP contribution >= 0.6 is 11.8 Å². The van der Waals surface area contributed by atoms with E-state index in [4.69, 9.17) is 9.31 Å². The normalized spacial score (nSPS) is 18.9. The number of aldehydes is 1. The smallest absolute Gasteiger partial charge is 0.400 e. The van der Waals surface area contributed by atoms with Gasteiger partial charge in [-0.3, -0.25) is 9.59 Å². The van der Waals surface area contributed by atoms with Gasteiger partial charge < -0.3 is 9.31 Å². The third kappa shape index (κ3) is 4.24. The molecule has 1 saturated heterocycles. The first-order valence-corrected chi connectivity index (χ1v) is 9.09. The van der Waals surface area contributed by atoms with Crippen molar-refractivity contribution in [1.82, 2.24) is 0 Å². The summed E-state index contributed by atoms with van der Waals surface area (Å²) in [5.74, 6) is -1.66. The molecule has 0 radical (unpaired) electrons. The van der Waals surface area contributed by atoms with Crippen molar-refractivity contribution < 1.29 is 27.7 Å². The van der Waals surface area contributed by atoms with Crippen LogP contribution in [0, 0.1) is 11.6 Å². The van der Waals surface area contributed by atoms with Crippen LogP contribution in [0.4, 0.5) is 8.78 Å². The van der Waals surface area contributed by atoms with Crippen molar-refractivity contribution in [3.63, 3.8) is 0 Å². The number of rotatable bonds is 5. The lowest BCUT2D eigenvalue weighted by molar-refractivity contribution is -0.109. The van der Waals surface area contributed by atoms with Crippen molar-refractivity contribution in [3.05, 3.63) is 40.4 Å². The Kier molecular flexibility index (Phi) is 6.10. The summed E-state index contributed by atoms with van der Waals surface area (Å²) in [5.41, 5.74) is -1.29. The molecule has 0 bridgehead atoms. The molecule has 0 spiro atoms. The lowest BCUT2D eigenvalue weighted by Gasteiger charge is -2.32. The molecule has 1 aliphatic heterocycles. The first-order chi connectivity index (χ1) is 12.0. The topological polar surface area (TPSA) is 52.6 Å². The standard InChI is InChI=1S/C18H21BF2O4S/c1-11(23)26-10-13(19-24-17(2,3)18(4,5)25-19)8-12-6-7-15(20)14(9-22)16(12)21/h6-9H,10H2,1-5H3. The molecule has 140 valence electrons. The zero-order valence-corrected chi connectivity index (χ0v) is 16.2. The second-order valence-electron chi connectivity index (χ2n) is 7.07. The number of thioether (sulfide) groups is 1. The highest BCUT2D eigenvalue weighted by atomic mass is 32.2.